The molecule has 0 aromatic heterocycles. The summed E-state index contributed by atoms with van der Waals surface area (Å²) in [5.74, 6) is 0.138. The van der Waals surface area contributed by atoms with Crippen LogP contribution in [0.15, 0.2) is 54.6 Å². The van der Waals surface area contributed by atoms with Gasteiger partial charge >= 0.3 is 5.97 Å². The SMILES string of the molecule is O=C(OCC(=O)C12CC3CC(CC(C3)C1)C2)C(Cc1ccccc1)N1C(=O)c2ccccc2C1=O. The predicted molar refractivity (Wildman–Crippen MR) is 127 cm³/mol. The summed E-state index contributed by atoms with van der Waals surface area (Å²) in [6.45, 7) is -0.292. The Hall–Kier alpha value is -3.28. The van der Waals surface area contributed by atoms with Gasteiger partial charge in [0.05, 0.1) is 11.1 Å². The molecule has 1 aliphatic heterocycles. The van der Waals surface area contributed by atoms with Crippen molar-refractivity contribution in [2.75, 3.05) is 6.61 Å². The Morgan fingerprint density at radius 3 is 1.89 bits per heavy atom. The quantitative estimate of drug-likeness (QED) is 0.446. The standard InChI is InChI=1S/C29H29NO5/c31-25(29-14-19-10-20(15-29)12-21(11-19)16-29)17-35-28(34)24(13-18-6-2-1-3-7-18)30-26(32)22-8-4-5-9-23(22)27(30)33/h1-9,19-21,24H,10-17H2. The van der Waals surface area contributed by atoms with Crippen LogP contribution in [0.25, 0.3) is 0 Å². The van der Waals surface area contributed by atoms with E-state index in [1.165, 1.54) is 19.3 Å². The summed E-state index contributed by atoms with van der Waals surface area (Å²) in [6.07, 6.45) is 6.53. The molecule has 6 nitrogen and oxygen atoms in total. The molecule has 6 heteroatoms. The molecule has 4 saturated carbocycles. The number of nitrogens with zero attached hydrogens (tertiary/aromatic N) is 1. The van der Waals surface area contributed by atoms with Crippen molar-refractivity contribution in [1.82, 2.24) is 4.90 Å². The molecule has 2 amide bonds. The maximum absolute atomic E-state index is 13.4. The summed E-state index contributed by atoms with van der Waals surface area (Å²) in [5.41, 5.74) is 1.01. The minimum absolute atomic E-state index is 0.00534. The molecule has 2 aromatic rings. The molecule has 1 unspecified atom stereocenters. The number of hydrogen-bond acceptors (Lipinski definition) is 5. The topological polar surface area (TPSA) is 80.8 Å². The van der Waals surface area contributed by atoms with Crippen LogP contribution in [-0.2, 0) is 20.7 Å². The molecule has 1 atom stereocenters. The summed E-state index contributed by atoms with van der Waals surface area (Å²) >= 11 is 0. The highest BCUT2D eigenvalue weighted by atomic mass is 16.5. The van der Waals surface area contributed by atoms with E-state index in [1.54, 1.807) is 24.3 Å². The van der Waals surface area contributed by atoms with Gasteiger partial charge in [-0.25, -0.2) is 4.79 Å². The lowest BCUT2D eigenvalue weighted by Crippen LogP contribution is -2.52. The molecule has 2 aromatic carbocycles. The number of Topliss-reactive ketones (excluding diaryl/α,β-unsaturated/α-hetero) is 1. The molecule has 180 valence electrons. The van der Waals surface area contributed by atoms with E-state index >= 15 is 0 Å². The third-order valence-electron chi connectivity index (χ3n) is 8.66. The third kappa shape index (κ3) is 3.79. The van der Waals surface area contributed by atoms with Gasteiger partial charge in [-0.1, -0.05) is 42.5 Å². The van der Waals surface area contributed by atoms with E-state index in [4.69, 9.17) is 4.74 Å². The lowest BCUT2D eigenvalue weighted by atomic mass is 9.48. The molecule has 4 aliphatic carbocycles. The van der Waals surface area contributed by atoms with Gasteiger partial charge in [0.1, 0.15) is 6.04 Å². The van der Waals surface area contributed by atoms with Crippen molar-refractivity contribution in [2.24, 2.45) is 23.2 Å². The number of hydrogen-bond donors (Lipinski definition) is 0. The fourth-order valence-electron chi connectivity index (χ4n) is 7.45. The smallest absolute Gasteiger partial charge is 0.330 e. The second-order valence-corrected chi connectivity index (χ2v) is 11.0. The van der Waals surface area contributed by atoms with Crippen molar-refractivity contribution in [1.29, 1.82) is 0 Å². The highest BCUT2D eigenvalue weighted by Crippen LogP contribution is 2.60. The van der Waals surface area contributed by atoms with Gasteiger partial charge in [-0.2, -0.15) is 0 Å². The Balaban J connectivity index is 1.22. The van der Waals surface area contributed by atoms with Gasteiger partial charge in [0, 0.05) is 11.8 Å². The zero-order valence-electron chi connectivity index (χ0n) is 19.7. The van der Waals surface area contributed by atoms with E-state index in [1.807, 2.05) is 30.3 Å². The van der Waals surface area contributed by atoms with Crippen molar-refractivity contribution >= 4 is 23.6 Å². The first kappa shape index (κ1) is 22.2. The number of esters is 1. The van der Waals surface area contributed by atoms with Crippen LogP contribution in [0, 0.1) is 23.2 Å². The lowest BCUT2D eigenvalue weighted by Gasteiger charge is -2.55. The zero-order valence-corrected chi connectivity index (χ0v) is 19.7. The van der Waals surface area contributed by atoms with Crippen LogP contribution in [0.4, 0.5) is 0 Å². The molecule has 0 N–H and O–H groups in total. The molecule has 0 saturated heterocycles. The fraction of sp³-hybridized carbons (Fsp3) is 0.448. The average molecular weight is 472 g/mol. The number of fused-ring (bicyclic) bond motifs is 1. The fourth-order valence-corrected chi connectivity index (χ4v) is 7.45. The molecule has 5 aliphatic rings. The van der Waals surface area contributed by atoms with Crippen LogP contribution >= 0.6 is 0 Å². The molecule has 0 spiro atoms. The number of carbonyl (C=O) groups is 4. The van der Waals surface area contributed by atoms with Crippen molar-refractivity contribution in [3.05, 3.63) is 71.3 Å². The maximum atomic E-state index is 13.4. The minimum atomic E-state index is -1.13. The second kappa shape index (κ2) is 8.43. The largest absolute Gasteiger partial charge is 0.456 e. The lowest BCUT2D eigenvalue weighted by molar-refractivity contribution is -0.160. The van der Waals surface area contributed by atoms with Crippen molar-refractivity contribution in [3.8, 4) is 0 Å². The number of benzene rings is 2. The number of ketones is 1. The van der Waals surface area contributed by atoms with Crippen molar-refractivity contribution < 1.29 is 23.9 Å². The van der Waals surface area contributed by atoms with E-state index in [0.29, 0.717) is 17.8 Å². The van der Waals surface area contributed by atoms with E-state index in [-0.39, 0.29) is 35.4 Å². The molecule has 4 fully saturated rings. The van der Waals surface area contributed by atoms with Gasteiger partial charge in [0.25, 0.3) is 11.8 Å². The number of ether oxygens (including phenoxy) is 1. The van der Waals surface area contributed by atoms with Crippen molar-refractivity contribution in [2.45, 2.75) is 51.0 Å². The van der Waals surface area contributed by atoms with E-state index < -0.39 is 23.8 Å². The summed E-state index contributed by atoms with van der Waals surface area (Å²) in [7, 11) is 0. The number of rotatable bonds is 7. The average Bonchev–Trinajstić information content (AvgIpc) is 3.10. The Morgan fingerprint density at radius 1 is 0.829 bits per heavy atom. The van der Waals surface area contributed by atoms with E-state index in [0.717, 1.165) is 29.7 Å². The van der Waals surface area contributed by atoms with E-state index in [9.17, 15) is 19.2 Å². The predicted octanol–water partition coefficient (Wildman–Crippen LogP) is 4.22. The molecule has 0 radical (unpaired) electrons. The van der Waals surface area contributed by atoms with E-state index in [2.05, 4.69) is 0 Å². The third-order valence-corrected chi connectivity index (χ3v) is 8.66. The Morgan fingerprint density at radius 2 is 1.34 bits per heavy atom. The monoisotopic (exact) mass is 471 g/mol. The van der Waals surface area contributed by atoms with Crippen LogP contribution in [0.5, 0.6) is 0 Å². The zero-order chi connectivity index (χ0) is 24.2. The van der Waals surface area contributed by atoms with Crippen LogP contribution in [0.1, 0.15) is 64.8 Å². The summed E-state index contributed by atoms with van der Waals surface area (Å²) in [4.78, 5) is 54.1. The molecule has 35 heavy (non-hydrogen) atoms. The Labute approximate surface area is 204 Å². The normalized spacial score (nSPS) is 29.3. The molecule has 4 bridgehead atoms. The first-order valence-electron chi connectivity index (χ1n) is 12.6. The van der Waals surface area contributed by atoms with Crippen LogP contribution in [-0.4, -0.2) is 41.1 Å². The first-order chi connectivity index (χ1) is 16.9. The van der Waals surface area contributed by atoms with Crippen LogP contribution < -0.4 is 0 Å². The number of imide groups is 1. The van der Waals surface area contributed by atoms with Gasteiger partial charge in [0.15, 0.2) is 12.4 Å². The molecular weight excluding hydrogens is 442 g/mol. The van der Waals surface area contributed by atoms with Crippen molar-refractivity contribution in [3.63, 3.8) is 0 Å². The second-order valence-electron chi connectivity index (χ2n) is 11.0. The highest BCUT2D eigenvalue weighted by molar-refractivity contribution is 6.22. The van der Waals surface area contributed by atoms with Gasteiger partial charge in [-0.05, 0) is 74.0 Å². The van der Waals surface area contributed by atoms with Gasteiger partial charge in [-0.3, -0.25) is 19.3 Å². The van der Waals surface area contributed by atoms with Gasteiger partial charge < -0.3 is 4.74 Å². The Kier molecular flexibility index (Phi) is 5.35. The summed E-state index contributed by atoms with van der Waals surface area (Å²) < 4.78 is 5.60. The Bertz CT molecular complexity index is 1130. The number of amides is 2. The summed E-state index contributed by atoms with van der Waals surface area (Å²) in [6, 6.07) is 14.7. The maximum Gasteiger partial charge on any atom is 0.330 e. The first-order valence-corrected chi connectivity index (χ1v) is 12.6. The van der Waals surface area contributed by atoms with Gasteiger partial charge in [-0.15, -0.1) is 0 Å². The molecular formula is C29H29NO5. The molecule has 7 rings (SSSR count). The van der Waals surface area contributed by atoms with Crippen LogP contribution in [0.2, 0.25) is 0 Å². The highest BCUT2D eigenvalue weighted by Gasteiger charge is 2.54. The van der Waals surface area contributed by atoms with Crippen LogP contribution in [0.3, 0.4) is 0 Å². The minimum Gasteiger partial charge on any atom is -0.456 e. The number of carbonyl (C=O) groups excluding carboxylic acids is 4. The molecule has 1 heterocycles. The van der Waals surface area contributed by atoms with Gasteiger partial charge in [0.2, 0.25) is 0 Å². The summed E-state index contributed by atoms with van der Waals surface area (Å²) in [5, 5.41) is 0.